The number of thiophene rings is 1. The molecule has 2 heterocycles. The fraction of sp³-hybridized carbons (Fsp3) is 0.583. The number of hydrogen-bond acceptors (Lipinski definition) is 4. The van der Waals surface area contributed by atoms with Gasteiger partial charge in [-0.3, -0.25) is 4.79 Å². The molecule has 7 heteroatoms. The Morgan fingerprint density at radius 1 is 1.32 bits per heavy atom. The van der Waals surface area contributed by atoms with Gasteiger partial charge < -0.3 is 4.90 Å². The van der Waals surface area contributed by atoms with Crippen LogP contribution in [0.15, 0.2) is 17.5 Å². The SMILES string of the molecule is CCS(=O)(=O)N1CCN(C(=O)Cc2cccs2)CC1. The van der Waals surface area contributed by atoms with Crippen LogP contribution in [-0.4, -0.2) is 55.5 Å². The molecule has 0 saturated carbocycles. The van der Waals surface area contributed by atoms with Crippen molar-refractivity contribution in [2.24, 2.45) is 0 Å². The first kappa shape index (κ1) is 14.5. The van der Waals surface area contributed by atoms with Gasteiger partial charge in [-0.2, -0.15) is 4.31 Å². The molecule has 2 rings (SSSR count). The molecule has 1 aliphatic heterocycles. The molecule has 19 heavy (non-hydrogen) atoms. The molecule has 1 amide bonds. The first-order chi connectivity index (χ1) is 9.03. The van der Waals surface area contributed by atoms with E-state index in [4.69, 9.17) is 0 Å². The summed E-state index contributed by atoms with van der Waals surface area (Å²) in [4.78, 5) is 14.9. The number of amides is 1. The second-order valence-electron chi connectivity index (χ2n) is 4.44. The number of rotatable bonds is 4. The van der Waals surface area contributed by atoms with Gasteiger partial charge in [-0.15, -0.1) is 11.3 Å². The van der Waals surface area contributed by atoms with Crippen molar-refractivity contribution in [2.75, 3.05) is 31.9 Å². The summed E-state index contributed by atoms with van der Waals surface area (Å²) >= 11 is 1.57. The number of carbonyl (C=O) groups excluding carboxylic acids is 1. The summed E-state index contributed by atoms with van der Waals surface area (Å²) in [6.45, 7) is 3.44. The predicted molar refractivity (Wildman–Crippen MR) is 75.6 cm³/mol. The van der Waals surface area contributed by atoms with Crippen LogP contribution in [0.5, 0.6) is 0 Å². The van der Waals surface area contributed by atoms with E-state index in [1.165, 1.54) is 4.31 Å². The second kappa shape index (κ2) is 6.02. The zero-order chi connectivity index (χ0) is 13.9. The van der Waals surface area contributed by atoms with Crippen molar-refractivity contribution in [3.63, 3.8) is 0 Å². The molecular weight excluding hydrogens is 284 g/mol. The van der Waals surface area contributed by atoms with E-state index < -0.39 is 10.0 Å². The molecule has 0 bridgehead atoms. The van der Waals surface area contributed by atoms with Crippen molar-refractivity contribution >= 4 is 27.3 Å². The summed E-state index contributed by atoms with van der Waals surface area (Å²) < 4.78 is 24.9. The monoisotopic (exact) mass is 302 g/mol. The Bertz CT molecular complexity index is 517. The fourth-order valence-electron chi connectivity index (χ4n) is 2.07. The van der Waals surface area contributed by atoms with E-state index in [0.29, 0.717) is 32.6 Å². The molecule has 1 aromatic heterocycles. The van der Waals surface area contributed by atoms with Gasteiger partial charge in [0.15, 0.2) is 0 Å². The maximum atomic E-state index is 12.1. The molecule has 1 fully saturated rings. The van der Waals surface area contributed by atoms with E-state index in [-0.39, 0.29) is 11.7 Å². The van der Waals surface area contributed by atoms with Crippen LogP contribution in [0.25, 0.3) is 0 Å². The van der Waals surface area contributed by atoms with Crippen LogP contribution < -0.4 is 0 Å². The molecular formula is C12H18N2O3S2. The Balaban J connectivity index is 1.88. The first-order valence-corrected chi connectivity index (χ1v) is 8.80. The third-order valence-electron chi connectivity index (χ3n) is 3.26. The highest BCUT2D eigenvalue weighted by atomic mass is 32.2. The minimum atomic E-state index is -3.12. The van der Waals surface area contributed by atoms with E-state index in [0.717, 1.165) is 4.88 Å². The molecule has 5 nitrogen and oxygen atoms in total. The lowest BCUT2D eigenvalue weighted by Gasteiger charge is -2.33. The van der Waals surface area contributed by atoms with Gasteiger partial charge in [-0.05, 0) is 18.4 Å². The third kappa shape index (κ3) is 3.55. The number of hydrogen-bond donors (Lipinski definition) is 0. The van der Waals surface area contributed by atoms with Gasteiger partial charge in [0.1, 0.15) is 0 Å². The normalized spacial score (nSPS) is 17.6. The number of sulfonamides is 1. The highest BCUT2D eigenvalue weighted by Crippen LogP contribution is 2.13. The molecule has 1 saturated heterocycles. The zero-order valence-corrected chi connectivity index (χ0v) is 12.5. The minimum Gasteiger partial charge on any atom is -0.340 e. The number of nitrogens with zero attached hydrogens (tertiary/aromatic N) is 2. The van der Waals surface area contributed by atoms with Crippen LogP contribution in [-0.2, 0) is 21.2 Å². The summed E-state index contributed by atoms with van der Waals surface area (Å²) in [6.07, 6.45) is 0.415. The molecule has 1 aromatic rings. The van der Waals surface area contributed by atoms with Gasteiger partial charge in [0.2, 0.25) is 15.9 Å². The van der Waals surface area contributed by atoms with Crippen molar-refractivity contribution in [1.82, 2.24) is 9.21 Å². The van der Waals surface area contributed by atoms with Crippen molar-refractivity contribution in [1.29, 1.82) is 0 Å². The van der Waals surface area contributed by atoms with Gasteiger partial charge in [-0.1, -0.05) is 6.07 Å². The summed E-state index contributed by atoms with van der Waals surface area (Å²) in [5.74, 6) is 0.201. The summed E-state index contributed by atoms with van der Waals surface area (Å²) in [5.41, 5.74) is 0. The summed E-state index contributed by atoms with van der Waals surface area (Å²) in [6, 6.07) is 3.87. The topological polar surface area (TPSA) is 57.7 Å². The van der Waals surface area contributed by atoms with Crippen LogP contribution >= 0.6 is 11.3 Å². The largest absolute Gasteiger partial charge is 0.340 e. The van der Waals surface area contributed by atoms with Crippen LogP contribution in [0.3, 0.4) is 0 Å². The van der Waals surface area contributed by atoms with Gasteiger partial charge in [0, 0.05) is 31.1 Å². The predicted octanol–water partition coefficient (Wildman–Crippen LogP) is 0.784. The quantitative estimate of drug-likeness (QED) is 0.826. The molecule has 0 radical (unpaired) electrons. The van der Waals surface area contributed by atoms with Gasteiger partial charge >= 0.3 is 0 Å². The Morgan fingerprint density at radius 2 is 2.00 bits per heavy atom. The molecule has 106 valence electrons. The van der Waals surface area contributed by atoms with E-state index in [9.17, 15) is 13.2 Å². The first-order valence-electron chi connectivity index (χ1n) is 6.31. The molecule has 0 unspecified atom stereocenters. The lowest BCUT2D eigenvalue weighted by Crippen LogP contribution is -2.51. The van der Waals surface area contributed by atoms with Gasteiger partial charge in [-0.25, -0.2) is 8.42 Å². The lowest BCUT2D eigenvalue weighted by molar-refractivity contribution is -0.131. The maximum absolute atomic E-state index is 12.1. The average Bonchev–Trinajstić information content (AvgIpc) is 2.91. The zero-order valence-electron chi connectivity index (χ0n) is 10.9. The molecule has 0 spiro atoms. The van der Waals surface area contributed by atoms with Crippen LogP contribution in [0.4, 0.5) is 0 Å². The smallest absolute Gasteiger partial charge is 0.227 e. The number of piperazine rings is 1. The maximum Gasteiger partial charge on any atom is 0.227 e. The van der Waals surface area contributed by atoms with Gasteiger partial charge in [0.05, 0.1) is 12.2 Å². The van der Waals surface area contributed by atoms with Crippen molar-refractivity contribution < 1.29 is 13.2 Å². The van der Waals surface area contributed by atoms with Crippen molar-refractivity contribution in [3.8, 4) is 0 Å². The van der Waals surface area contributed by atoms with E-state index in [1.807, 2.05) is 17.5 Å². The Hall–Kier alpha value is -0.920. The molecule has 0 aliphatic carbocycles. The van der Waals surface area contributed by atoms with E-state index in [1.54, 1.807) is 23.2 Å². The Morgan fingerprint density at radius 3 is 2.53 bits per heavy atom. The van der Waals surface area contributed by atoms with Crippen LogP contribution in [0.2, 0.25) is 0 Å². The van der Waals surface area contributed by atoms with Gasteiger partial charge in [0.25, 0.3) is 0 Å². The molecule has 1 aliphatic rings. The molecule has 0 atom stereocenters. The Labute approximate surface area is 117 Å². The Kier molecular flexibility index (Phi) is 4.59. The minimum absolute atomic E-state index is 0.0796. The van der Waals surface area contributed by atoms with E-state index in [2.05, 4.69) is 0 Å². The highest BCUT2D eigenvalue weighted by molar-refractivity contribution is 7.89. The van der Waals surface area contributed by atoms with Crippen LogP contribution in [0, 0.1) is 0 Å². The van der Waals surface area contributed by atoms with E-state index >= 15 is 0 Å². The van der Waals surface area contributed by atoms with Crippen LogP contribution in [0.1, 0.15) is 11.8 Å². The van der Waals surface area contributed by atoms with Crippen molar-refractivity contribution in [2.45, 2.75) is 13.3 Å². The molecule has 0 N–H and O–H groups in total. The third-order valence-corrected chi connectivity index (χ3v) is 6.01. The summed E-state index contributed by atoms with van der Waals surface area (Å²) in [7, 11) is -3.12. The molecule has 0 aromatic carbocycles. The fourth-order valence-corrected chi connectivity index (χ4v) is 3.85. The van der Waals surface area contributed by atoms with Crippen molar-refractivity contribution in [3.05, 3.63) is 22.4 Å². The summed E-state index contributed by atoms with van der Waals surface area (Å²) in [5, 5.41) is 1.95. The average molecular weight is 302 g/mol. The number of carbonyl (C=O) groups is 1. The highest BCUT2D eigenvalue weighted by Gasteiger charge is 2.27. The lowest BCUT2D eigenvalue weighted by atomic mass is 10.3. The second-order valence-corrected chi connectivity index (χ2v) is 7.73. The standard InChI is InChI=1S/C12H18N2O3S2/c1-2-19(16,17)14-7-5-13(6-8-14)12(15)10-11-4-3-9-18-11/h3-4,9H,2,5-8,10H2,1H3.